The van der Waals surface area contributed by atoms with Crippen LogP contribution in [-0.2, 0) is 25.7 Å². The molecule has 0 aromatic heterocycles. The highest BCUT2D eigenvalue weighted by atomic mass is 19.1. The molecule has 2 aliphatic heterocycles. The van der Waals surface area contributed by atoms with Crippen molar-refractivity contribution in [2.45, 2.75) is 31.3 Å². The van der Waals surface area contributed by atoms with Gasteiger partial charge in [-0.15, -0.1) is 6.58 Å². The molecule has 2 saturated heterocycles. The van der Waals surface area contributed by atoms with Crippen LogP contribution < -0.4 is 0 Å². The van der Waals surface area contributed by atoms with Gasteiger partial charge in [-0.1, -0.05) is 6.08 Å². The van der Waals surface area contributed by atoms with E-state index in [9.17, 15) is 18.4 Å². The molecular formula is C20H24F2N2O4. The van der Waals surface area contributed by atoms with Crippen molar-refractivity contribution in [3.05, 3.63) is 48.1 Å². The van der Waals surface area contributed by atoms with E-state index in [2.05, 4.69) is 6.58 Å². The van der Waals surface area contributed by atoms with Crippen LogP contribution >= 0.6 is 0 Å². The van der Waals surface area contributed by atoms with E-state index in [1.165, 1.54) is 24.3 Å². The molecule has 1 aromatic rings. The maximum Gasteiger partial charge on any atom is 0.311 e. The summed E-state index contributed by atoms with van der Waals surface area (Å²) < 4.78 is 32.3. The number of piperidine rings is 1. The summed E-state index contributed by atoms with van der Waals surface area (Å²) in [5, 5.41) is 1.32. The molecule has 0 saturated carbocycles. The third-order valence-electron chi connectivity index (χ3n) is 5.59. The number of benzene rings is 1. The van der Waals surface area contributed by atoms with Gasteiger partial charge in [0.15, 0.2) is 0 Å². The first-order valence-electron chi connectivity index (χ1n) is 9.22. The average Bonchev–Trinajstić information content (AvgIpc) is 2.95. The normalized spacial score (nSPS) is 21.9. The Kier molecular flexibility index (Phi) is 6.10. The number of likely N-dealkylation sites (tertiary alicyclic amines) is 1. The Balaban J connectivity index is 1.77. The van der Waals surface area contributed by atoms with Crippen molar-refractivity contribution in [2.75, 3.05) is 26.8 Å². The maximum atomic E-state index is 13.9. The van der Waals surface area contributed by atoms with Crippen molar-refractivity contribution in [3.8, 4) is 0 Å². The SMILES string of the molecule is C=CCON1C(=O)C[C@@H](C(=O)OC)C12CCN(Cc1cc(F)ccc1F)CC2. The number of carbonyl (C=O) groups is 2. The standard InChI is InChI=1S/C20H24F2N2O4/c1-3-10-28-24-18(25)12-16(19(26)27-2)20(24)6-8-23(9-7-20)13-14-11-15(21)4-5-17(14)22/h3-5,11,16H,1,6-10,12-13H2,2H3/t16-/m0/s1. The molecule has 0 radical (unpaired) electrons. The van der Waals surface area contributed by atoms with E-state index < -0.39 is 29.1 Å². The highest BCUT2D eigenvalue weighted by molar-refractivity contribution is 5.88. The fourth-order valence-corrected chi connectivity index (χ4v) is 4.17. The van der Waals surface area contributed by atoms with Crippen molar-refractivity contribution in [2.24, 2.45) is 5.92 Å². The van der Waals surface area contributed by atoms with Crippen LogP contribution in [0.25, 0.3) is 0 Å². The van der Waals surface area contributed by atoms with Crippen molar-refractivity contribution in [1.82, 2.24) is 9.96 Å². The van der Waals surface area contributed by atoms with E-state index in [-0.39, 0.29) is 31.0 Å². The van der Waals surface area contributed by atoms with Crippen LogP contribution in [0.15, 0.2) is 30.9 Å². The first-order chi connectivity index (χ1) is 13.4. The second-order valence-electron chi connectivity index (χ2n) is 7.17. The quantitative estimate of drug-likeness (QED) is 0.548. The first-order valence-corrected chi connectivity index (χ1v) is 9.22. The van der Waals surface area contributed by atoms with E-state index in [1.54, 1.807) is 0 Å². The Bertz CT molecular complexity index is 763. The van der Waals surface area contributed by atoms with Gasteiger partial charge in [-0.2, -0.15) is 0 Å². The molecule has 3 rings (SSSR count). The highest BCUT2D eigenvalue weighted by Gasteiger charge is 2.58. The number of amides is 1. The number of ether oxygens (including phenoxy) is 1. The monoisotopic (exact) mass is 394 g/mol. The fraction of sp³-hybridized carbons (Fsp3) is 0.500. The minimum Gasteiger partial charge on any atom is -0.469 e. The minimum atomic E-state index is -0.801. The zero-order valence-electron chi connectivity index (χ0n) is 15.8. The fourth-order valence-electron chi connectivity index (χ4n) is 4.17. The molecule has 2 aliphatic rings. The number of hydroxylamine groups is 2. The summed E-state index contributed by atoms with van der Waals surface area (Å²) in [6.45, 7) is 5.01. The lowest BCUT2D eigenvalue weighted by Crippen LogP contribution is -2.57. The van der Waals surface area contributed by atoms with Crippen LogP contribution in [0.5, 0.6) is 0 Å². The number of hydrogen-bond acceptors (Lipinski definition) is 5. The molecule has 2 fully saturated rings. The van der Waals surface area contributed by atoms with E-state index in [0.717, 1.165) is 12.1 Å². The van der Waals surface area contributed by atoms with Gasteiger partial charge < -0.3 is 4.74 Å². The number of methoxy groups -OCH3 is 1. The Hall–Kier alpha value is -2.32. The molecule has 0 N–H and O–H groups in total. The van der Waals surface area contributed by atoms with Crippen molar-refractivity contribution in [1.29, 1.82) is 0 Å². The topological polar surface area (TPSA) is 59.1 Å². The largest absolute Gasteiger partial charge is 0.469 e. The third-order valence-corrected chi connectivity index (χ3v) is 5.59. The third kappa shape index (κ3) is 3.79. The molecule has 28 heavy (non-hydrogen) atoms. The number of carbonyl (C=O) groups excluding carboxylic acids is 2. The van der Waals surface area contributed by atoms with E-state index >= 15 is 0 Å². The predicted octanol–water partition coefficient (Wildman–Crippen LogP) is 2.44. The number of esters is 1. The Labute approximate surface area is 162 Å². The maximum absolute atomic E-state index is 13.9. The first kappa shape index (κ1) is 20.4. The van der Waals surface area contributed by atoms with E-state index in [0.29, 0.717) is 25.9 Å². The van der Waals surface area contributed by atoms with E-state index in [1.807, 2.05) is 4.90 Å². The van der Waals surface area contributed by atoms with Gasteiger partial charge in [-0.25, -0.2) is 13.8 Å². The molecule has 0 bridgehead atoms. The van der Waals surface area contributed by atoms with Crippen LogP contribution in [0, 0.1) is 17.6 Å². The highest BCUT2D eigenvalue weighted by Crippen LogP contribution is 2.44. The molecule has 8 heteroatoms. The number of hydrogen-bond donors (Lipinski definition) is 0. The molecule has 1 atom stereocenters. The van der Waals surface area contributed by atoms with Crippen molar-refractivity contribution in [3.63, 3.8) is 0 Å². The summed E-state index contributed by atoms with van der Waals surface area (Å²) in [6.07, 6.45) is 2.50. The summed E-state index contributed by atoms with van der Waals surface area (Å²) in [6, 6.07) is 3.39. The van der Waals surface area contributed by atoms with Crippen LogP contribution in [0.4, 0.5) is 8.78 Å². The molecule has 6 nitrogen and oxygen atoms in total. The Morgan fingerprint density at radius 2 is 2.07 bits per heavy atom. The van der Waals surface area contributed by atoms with Gasteiger partial charge in [0.25, 0.3) is 0 Å². The number of rotatable bonds is 6. The summed E-state index contributed by atoms with van der Waals surface area (Å²) in [7, 11) is 1.30. The van der Waals surface area contributed by atoms with Crippen LogP contribution in [0.3, 0.4) is 0 Å². The zero-order valence-corrected chi connectivity index (χ0v) is 15.8. The second-order valence-corrected chi connectivity index (χ2v) is 7.17. The van der Waals surface area contributed by atoms with Crippen molar-refractivity contribution < 1.29 is 27.9 Å². The summed E-state index contributed by atoms with van der Waals surface area (Å²) in [4.78, 5) is 32.4. The molecule has 1 aromatic carbocycles. The van der Waals surface area contributed by atoms with Gasteiger partial charge in [0.05, 0.1) is 25.2 Å². The zero-order chi connectivity index (χ0) is 20.3. The number of nitrogens with zero attached hydrogens (tertiary/aromatic N) is 2. The molecule has 0 aliphatic carbocycles. The van der Waals surface area contributed by atoms with Crippen LogP contribution in [-0.4, -0.2) is 54.2 Å². The Morgan fingerprint density at radius 3 is 2.71 bits per heavy atom. The van der Waals surface area contributed by atoms with Gasteiger partial charge in [0, 0.05) is 31.6 Å². The molecule has 2 heterocycles. The number of halogens is 2. The summed E-state index contributed by atoms with van der Waals surface area (Å²) in [5.41, 5.74) is -0.521. The molecule has 0 unspecified atom stereocenters. The second kappa shape index (κ2) is 8.36. The smallest absolute Gasteiger partial charge is 0.311 e. The van der Waals surface area contributed by atoms with Gasteiger partial charge in [-0.3, -0.25) is 19.3 Å². The average molecular weight is 394 g/mol. The molecule has 1 amide bonds. The lowest BCUT2D eigenvalue weighted by Gasteiger charge is -2.45. The lowest BCUT2D eigenvalue weighted by atomic mass is 9.77. The molecule has 1 spiro atoms. The van der Waals surface area contributed by atoms with Crippen LogP contribution in [0.2, 0.25) is 0 Å². The Morgan fingerprint density at radius 1 is 1.36 bits per heavy atom. The van der Waals surface area contributed by atoms with Crippen LogP contribution in [0.1, 0.15) is 24.8 Å². The minimum absolute atomic E-state index is 0.0301. The molecular weight excluding hydrogens is 370 g/mol. The van der Waals surface area contributed by atoms with Gasteiger partial charge >= 0.3 is 5.97 Å². The van der Waals surface area contributed by atoms with E-state index in [4.69, 9.17) is 9.57 Å². The van der Waals surface area contributed by atoms with Gasteiger partial charge in [0.2, 0.25) is 5.91 Å². The summed E-state index contributed by atoms with van der Waals surface area (Å²) >= 11 is 0. The van der Waals surface area contributed by atoms with Crippen molar-refractivity contribution >= 4 is 11.9 Å². The lowest BCUT2D eigenvalue weighted by molar-refractivity contribution is -0.218. The molecule has 152 valence electrons. The van der Waals surface area contributed by atoms with Gasteiger partial charge in [-0.05, 0) is 31.0 Å². The van der Waals surface area contributed by atoms with Gasteiger partial charge in [0.1, 0.15) is 11.6 Å². The predicted molar refractivity (Wildman–Crippen MR) is 96.7 cm³/mol. The summed E-state index contributed by atoms with van der Waals surface area (Å²) in [5.74, 6) is -2.27.